The number of rotatable bonds is 4. The lowest BCUT2D eigenvalue weighted by molar-refractivity contribution is 0.590. The van der Waals surface area contributed by atoms with E-state index in [1.807, 2.05) is 30.3 Å². The Morgan fingerprint density at radius 3 is 2.00 bits per heavy atom. The molecular formula is C22H23N3. The van der Waals surface area contributed by atoms with Crippen LogP contribution in [0.1, 0.15) is 37.5 Å². The van der Waals surface area contributed by atoms with Crippen molar-refractivity contribution in [3.63, 3.8) is 0 Å². The van der Waals surface area contributed by atoms with Gasteiger partial charge in [0.05, 0.1) is 11.4 Å². The van der Waals surface area contributed by atoms with Crippen molar-refractivity contribution in [2.45, 2.75) is 26.2 Å². The molecule has 0 atom stereocenters. The van der Waals surface area contributed by atoms with Crippen molar-refractivity contribution in [1.29, 1.82) is 0 Å². The number of benzene rings is 2. The molecule has 126 valence electrons. The summed E-state index contributed by atoms with van der Waals surface area (Å²) < 4.78 is 0. The minimum atomic E-state index is 0.147. The Morgan fingerprint density at radius 2 is 1.40 bits per heavy atom. The first-order valence-electron chi connectivity index (χ1n) is 8.44. The molecule has 0 saturated carbocycles. The molecule has 0 bridgehead atoms. The van der Waals surface area contributed by atoms with Crippen LogP contribution in [0.3, 0.4) is 0 Å². The molecule has 3 aromatic rings. The number of pyridine rings is 1. The standard InChI is InChI=1S/C22H23N3/c1-22(2,3)19-9-11-20(12-10-19)24-25-21(17-7-5-4-6-8-17)18-13-15-23-16-14-18/h4-16,24H,1-3H3/b25-21+. The van der Waals surface area contributed by atoms with E-state index < -0.39 is 0 Å². The third-order valence-corrected chi connectivity index (χ3v) is 4.05. The van der Waals surface area contributed by atoms with Gasteiger partial charge in [0.15, 0.2) is 0 Å². The lowest BCUT2D eigenvalue weighted by Crippen LogP contribution is -2.10. The van der Waals surface area contributed by atoms with E-state index in [0.29, 0.717) is 0 Å². The zero-order valence-electron chi connectivity index (χ0n) is 14.9. The Morgan fingerprint density at radius 1 is 0.800 bits per heavy atom. The zero-order valence-corrected chi connectivity index (χ0v) is 14.9. The summed E-state index contributed by atoms with van der Waals surface area (Å²) in [5.74, 6) is 0. The van der Waals surface area contributed by atoms with Crippen molar-refractivity contribution in [3.05, 3.63) is 95.8 Å². The molecule has 0 unspecified atom stereocenters. The number of anilines is 1. The van der Waals surface area contributed by atoms with Crippen LogP contribution in [-0.2, 0) is 5.41 Å². The zero-order chi connectivity index (χ0) is 17.7. The Labute approximate surface area is 149 Å². The van der Waals surface area contributed by atoms with Crippen LogP contribution in [0.4, 0.5) is 5.69 Å². The van der Waals surface area contributed by atoms with Gasteiger partial charge in [-0.15, -0.1) is 0 Å². The molecule has 2 aromatic carbocycles. The van der Waals surface area contributed by atoms with E-state index in [0.717, 1.165) is 22.5 Å². The van der Waals surface area contributed by atoms with Crippen molar-refractivity contribution in [3.8, 4) is 0 Å². The summed E-state index contributed by atoms with van der Waals surface area (Å²) in [4.78, 5) is 4.10. The quantitative estimate of drug-likeness (QED) is 0.525. The molecule has 0 aliphatic heterocycles. The molecule has 0 fully saturated rings. The highest BCUT2D eigenvalue weighted by atomic mass is 15.3. The van der Waals surface area contributed by atoms with Crippen LogP contribution >= 0.6 is 0 Å². The van der Waals surface area contributed by atoms with Gasteiger partial charge in [0.25, 0.3) is 0 Å². The van der Waals surface area contributed by atoms with E-state index in [2.05, 4.69) is 72.7 Å². The summed E-state index contributed by atoms with van der Waals surface area (Å²) in [6, 6.07) is 22.5. The molecule has 3 rings (SSSR count). The Balaban J connectivity index is 1.89. The SMILES string of the molecule is CC(C)(C)c1ccc(N/N=C(\c2ccccc2)c2ccncc2)cc1. The predicted octanol–water partition coefficient (Wildman–Crippen LogP) is 5.24. The van der Waals surface area contributed by atoms with E-state index in [4.69, 9.17) is 0 Å². The first-order valence-corrected chi connectivity index (χ1v) is 8.44. The summed E-state index contributed by atoms with van der Waals surface area (Å²) >= 11 is 0. The maximum absolute atomic E-state index is 4.67. The summed E-state index contributed by atoms with van der Waals surface area (Å²) in [5.41, 5.74) is 8.59. The molecule has 0 saturated heterocycles. The highest BCUT2D eigenvalue weighted by Crippen LogP contribution is 2.23. The fourth-order valence-electron chi connectivity index (χ4n) is 2.57. The fourth-order valence-corrected chi connectivity index (χ4v) is 2.57. The maximum atomic E-state index is 4.67. The third-order valence-electron chi connectivity index (χ3n) is 4.05. The monoisotopic (exact) mass is 329 g/mol. The Bertz CT molecular complexity index is 788. The average Bonchev–Trinajstić information content (AvgIpc) is 2.63. The van der Waals surface area contributed by atoms with E-state index in [-0.39, 0.29) is 5.41 Å². The van der Waals surface area contributed by atoms with Gasteiger partial charge in [-0.05, 0) is 35.2 Å². The molecule has 1 heterocycles. The summed E-state index contributed by atoms with van der Waals surface area (Å²) in [7, 11) is 0. The van der Waals surface area contributed by atoms with Crippen LogP contribution < -0.4 is 5.43 Å². The molecule has 3 heteroatoms. The number of hydrogen-bond acceptors (Lipinski definition) is 3. The van der Waals surface area contributed by atoms with Crippen molar-refractivity contribution >= 4 is 11.4 Å². The lowest BCUT2D eigenvalue weighted by Gasteiger charge is -2.19. The van der Waals surface area contributed by atoms with E-state index >= 15 is 0 Å². The second kappa shape index (κ2) is 7.31. The van der Waals surface area contributed by atoms with Crippen molar-refractivity contribution in [2.75, 3.05) is 5.43 Å². The number of hydrazone groups is 1. The second-order valence-corrected chi connectivity index (χ2v) is 7.00. The summed E-state index contributed by atoms with van der Waals surface area (Å²) in [5, 5.41) is 4.67. The molecular weight excluding hydrogens is 306 g/mol. The van der Waals surface area contributed by atoms with Gasteiger partial charge in [-0.25, -0.2) is 0 Å². The van der Waals surface area contributed by atoms with Crippen molar-refractivity contribution in [2.24, 2.45) is 5.10 Å². The van der Waals surface area contributed by atoms with Crippen molar-refractivity contribution < 1.29 is 0 Å². The van der Waals surface area contributed by atoms with Gasteiger partial charge in [-0.3, -0.25) is 10.4 Å². The van der Waals surface area contributed by atoms with Crippen LogP contribution in [-0.4, -0.2) is 10.7 Å². The molecule has 1 aromatic heterocycles. The van der Waals surface area contributed by atoms with E-state index in [1.165, 1.54) is 5.56 Å². The van der Waals surface area contributed by atoms with Crippen LogP contribution in [0.2, 0.25) is 0 Å². The molecule has 0 amide bonds. The molecule has 0 aliphatic carbocycles. The van der Waals surface area contributed by atoms with Gasteiger partial charge in [0, 0.05) is 23.5 Å². The highest BCUT2D eigenvalue weighted by molar-refractivity contribution is 6.13. The smallest absolute Gasteiger partial charge is 0.0979 e. The average molecular weight is 329 g/mol. The van der Waals surface area contributed by atoms with Crippen LogP contribution in [0, 0.1) is 0 Å². The van der Waals surface area contributed by atoms with Gasteiger partial charge in [0.1, 0.15) is 0 Å². The topological polar surface area (TPSA) is 37.3 Å². The summed E-state index contributed by atoms with van der Waals surface area (Å²) in [6.07, 6.45) is 3.57. The first kappa shape index (κ1) is 16.9. The molecule has 0 spiro atoms. The van der Waals surface area contributed by atoms with Gasteiger partial charge >= 0.3 is 0 Å². The van der Waals surface area contributed by atoms with E-state index in [9.17, 15) is 0 Å². The van der Waals surface area contributed by atoms with Crippen molar-refractivity contribution in [1.82, 2.24) is 4.98 Å². The minimum absolute atomic E-state index is 0.147. The van der Waals surface area contributed by atoms with Crippen LogP contribution in [0.15, 0.2) is 84.2 Å². The van der Waals surface area contributed by atoms with Gasteiger partial charge < -0.3 is 0 Å². The molecule has 1 N–H and O–H groups in total. The van der Waals surface area contributed by atoms with Gasteiger partial charge in [-0.2, -0.15) is 5.10 Å². The first-order chi connectivity index (χ1) is 12.0. The normalized spacial score (nSPS) is 12.0. The minimum Gasteiger partial charge on any atom is -0.278 e. The number of aromatic nitrogens is 1. The number of nitrogens with zero attached hydrogens (tertiary/aromatic N) is 2. The molecule has 3 nitrogen and oxygen atoms in total. The summed E-state index contributed by atoms with van der Waals surface area (Å²) in [6.45, 7) is 6.64. The molecule has 25 heavy (non-hydrogen) atoms. The van der Waals surface area contributed by atoms with Crippen LogP contribution in [0.25, 0.3) is 0 Å². The highest BCUT2D eigenvalue weighted by Gasteiger charge is 2.13. The fraction of sp³-hybridized carbons (Fsp3) is 0.182. The molecule has 0 radical (unpaired) electrons. The molecule has 0 aliphatic rings. The largest absolute Gasteiger partial charge is 0.278 e. The van der Waals surface area contributed by atoms with Crippen LogP contribution in [0.5, 0.6) is 0 Å². The second-order valence-electron chi connectivity index (χ2n) is 7.00. The Hall–Kier alpha value is -2.94. The Kier molecular flexibility index (Phi) is 4.94. The van der Waals surface area contributed by atoms with E-state index in [1.54, 1.807) is 12.4 Å². The third kappa shape index (κ3) is 4.32. The van der Waals surface area contributed by atoms with Gasteiger partial charge in [-0.1, -0.05) is 63.2 Å². The van der Waals surface area contributed by atoms with Gasteiger partial charge in [0.2, 0.25) is 0 Å². The lowest BCUT2D eigenvalue weighted by atomic mass is 9.87. The maximum Gasteiger partial charge on any atom is 0.0979 e. The predicted molar refractivity (Wildman–Crippen MR) is 105 cm³/mol. The number of hydrogen-bond donors (Lipinski definition) is 1. The number of nitrogens with one attached hydrogen (secondary N) is 1.